The Balaban J connectivity index is 1.30. The summed E-state index contributed by atoms with van der Waals surface area (Å²) in [4.78, 5) is 46.9. The predicted molar refractivity (Wildman–Crippen MR) is 158 cm³/mol. The largest absolute Gasteiger partial charge is 0.464 e. The number of amides is 2. The van der Waals surface area contributed by atoms with Gasteiger partial charge in [0.15, 0.2) is 5.65 Å². The molecule has 4 heterocycles. The van der Waals surface area contributed by atoms with Crippen molar-refractivity contribution in [2.24, 2.45) is 5.92 Å². The van der Waals surface area contributed by atoms with E-state index >= 15 is 0 Å². The molecule has 2 aliphatic rings. The van der Waals surface area contributed by atoms with Crippen LogP contribution in [0.1, 0.15) is 34.8 Å². The van der Waals surface area contributed by atoms with Crippen molar-refractivity contribution in [3.63, 3.8) is 0 Å². The lowest BCUT2D eigenvalue weighted by molar-refractivity contribution is -0.152. The monoisotopic (exact) mass is 646 g/mol. The molecule has 13 nitrogen and oxygen atoms in total. The van der Waals surface area contributed by atoms with E-state index in [9.17, 15) is 23.2 Å². The highest BCUT2D eigenvalue weighted by molar-refractivity contribution is 6.30. The van der Waals surface area contributed by atoms with Gasteiger partial charge in [0.05, 0.1) is 23.9 Å². The van der Waals surface area contributed by atoms with Crippen molar-refractivity contribution in [2.75, 3.05) is 46.9 Å². The van der Waals surface area contributed by atoms with Crippen molar-refractivity contribution in [2.45, 2.75) is 25.5 Å². The molecular formula is C29H33ClF2N8O5. The number of hydrogen-bond acceptors (Lipinski definition) is 10. The van der Waals surface area contributed by atoms with Crippen molar-refractivity contribution in [1.82, 2.24) is 40.1 Å². The Morgan fingerprint density at radius 2 is 2.00 bits per heavy atom. The third-order valence-corrected chi connectivity index (χ3v) is 7.69. The molecular weight excluding hydrogens is 614 g/mol. The lowest BCUT2D eigenvalue weighted by Crippen LogP contribution is -2.46. The first-order chi connectivity index (χ1) is 21.6. The normalized spacial score (nSPS) is 17.2. The molecule has 0 saturated carbocycles. The molecule has 0 radical (unpaired) electrons. The number of fused-ring (bicyclic) bond motifs is 1. The zero-order chi connectivity index (χ0) is 32.1. The summed E-state index contributed by atoms with van der Waals surface area (Å²) in [7, 11) is 3.79. The summed E-state index contributed by atoms with van der Waals surface area (Å²) in [5.74, 6) is -1.48. The highest BCUT2D eigenvalue weighted by atomic mass is 35.5. The standard InChI is InChI=1S/C29H33ClF2N8O5/c1-37(2)12-13-44-28(43)18-6-10-38(11-7-18)24(41)17-39-16-22(35-27(42)21-15-34-40-9-3-8-33-26(21)40)25(36-39)20-14-19(30)4-5-23(20)45-29(31)32/h3-5,8-9,14-16,18,25,29,36H,6-7,10-13,17H2,1-2H3,(H,35,42). The van der Waals surface area contributed by atoms with Crippen molar-refractivity contribution < 1.29 is 32.6 Å². The van der Waals surface area contributed by atoms with Crippen LogP contribution in [-0.2, 0) is 14.3 Å². The summed E-state index contributed by atoms with van der Waals surface area (Å²) in [5, 5.41) is 8.66. The predicted octanol–water partition coefficient (Wildman–Crippen LogP) is 2.46. The van der Waals surface area contributed by atoms with E-state index in [1.165, 1.54) is 46.3 Å². The summed E-state index contributed by atoms with van der Waals surface area (Å²) >= 11 is 6.22. The molecule has 1 fully saturated rings. The summed E-state index contributed by atoms with van der Waals surface area (Å²) in [6, 6.07) is 4.92. The van der Waals surface area contributed by atoms with E-state index in [1.54, 1.807) is 17.2 Å². The molecule has 2 aliphatic heterocycles. The molecule has 3 aromatic rings. The highest BCUT2D eigenvalue weighted by Crippen LogP contribution is 2.35. The maximum absolute atomic E-state index is 13.4. The minimum atomic E-state index is -3.11. The molecule has 0 spiro atoms. The van der Waals surface area contributed by atoms with Crippen LogP contribution < -0.4 is 15.5 Å². The van der Waals surface area contributed by atoms with Gasteiger partial charge < -0.3 is 29.6 Å². The molecule has 2 aromatic heterocycles. The van der Waals surface area contributed by atoms with Crippen molar-refractivity contribution >= 4 is 35.0 Å². The van der Waals surface area contributed by atoms with Gasteiger partial charge in [0.1, 0.15) is 24.5 Å². The van der Waals surface area contributed by atoms with Crippen LogP contribution in [0.2, 0.25) is 5.02 Å². The second kappa shape index (κ2) is 14.2. The van der Waals surface area contributed by atoms with E-state index in [2.05, 4.69) is 20.8 Å². The van der Waals surface area contributed by atoms with Crippen LogP contribution in [-0.4, -0.2) is 101 Å². The first kappa shape index (κ1) is 32.1. The molecule has 1 saturated heterocycles. The van der Waals surface area contributed by atoms with Crippen LogP contribution in [0, 0.1) is 5.92 Å². The number of alkyl halides is 2. The Bertz CT molecular complexity index is 1580. The van der Waals surface area contributed by atoms with Crippen molar-refractivity contribution in [3.8, 4) is 5.75 Å². The molecule has 2 amide bonds. The quantitative estimate of drug-likeness (QED) is 0.299. The number of esters is 1. The molecule has 0 aliphatic carbocycles. The van der Waals surface area contributed by atoms with E-state index in [0.717, 1.165) is 0 Å². The number of carbonyl (C=O) groups excluding carboxylic acids is 3. The minimum absolute atomic E-state index is 0.141. The number of hydrazine groups is 1. The Labute approximate surface area is 262 Å². The number of benzene rings is 1. The first-order valence-electron chi connectivity index (χ1n) is 14.3. The number of likely N-dealkylation sites (N-methyl/N-ethyl adjacent to an activating group) is 1. The topological polar surface area (TPSA) is 134 Å². The van der Waals surface area contributed by atoms with E-state index in [-0.39, 0.29) is 51.9 Å². The Hall–Kier alpha value is -4.34. The van der Waals surface area contributed by atoms with Gasteiger partial charge in [-0.1, -0.05) is 11.6 Å². The second-order valence-corrected chi connectivity index (χ2v) is 11.3. The number of nitrogens with one attached hydrogen (secondary N) is 2. The van der Waals surface area contributed by atoms with Crippen LogP contribution in [0.15, 0.2) is 54.8 Å². The number of aromatic nitrogens is 3. The van der Waals surface area contributed by atoms with Gasteiger partial charge in [-0.15, -0.1) is 0 Å². The van der Waals surface area contributed by atoms with E-state index < -0.39 is 18.6 Å². The third-order valence-electron chi connectivity index (χ3n) is 7.45. The molecule has 1 atom stereocenters. The maximum atomic E-state index is 13.4. The minimum Gasteiger partial charge on any atom is -0.464 e. The number of rotatable bonds is 11. The van der Waals surface area contributed by atoms with E-state index in [4.69, 9.17) is 21.1 Å². The average Bonchev–Trinajstić information content (AvgIpc) is 3.61. The van der Waals surface area contributed by atoms with Gasteiger partial charge in [0.25, 0.3) is 5.91 Å². The number of hydrogen-bond donors (Lipinski definition) is 2. The number of likely N-dealkylation sites (tertiary alicyclic amines) is 1. The van der Waals surface area contributed by atoms with E-state index in [0.29, 0.717) is 44.7 Å². The first-order valence-corrected chi connectivity index (χ1v) is 14.6. The number of nitrogens with zero attached hydrogens (tertiary/aromatic N) is 6. The van der Waals surface area contributed by atoms with Crippen LogP contribution in [0.25, 0.3) is 5.65 Å². The van der Waals surface area contributed by atoms with Crippen LogP contribution in [0.4, 0.5) is 8.78 Å². The van der Waals surface area contributed by atoms with Gasteiger partial charge in [-0.3, -0.25) is 14.4 Å². The molecule has 1 unspecified atom stereocenters. The number of halogens is 3. The molecule has 16 heteroatoms. The molecule has 240 valence electrons. The third kappa shape index (κ3) is 7.85. The van der Waals surface area contributed by atoms with Crippen molar-refractivity contribution in [1.29, 1.82) is 0 Å². The summed E-state index contributed by atoms with van der Waals surface area (Å²) in [5.41, 5.74) is 4.07. The zero-order valence-corrected chi connectivity index (χ0v) is 25.4. The lowest BCUT2D eigenvalue weighted by Gasteiger charge is -2.32. The Morgan fingerprint density at radius 1 is 1.22 bits per heavy atom. The smallest absolute Gasteiger partial charge is 0.387 e. The van der Waals surface area contributed by atoms with Crippen LogP contribution >= 0.6 is 11.6 Å². The van der Waals surface area contributed by atoms with Gasteiger partial charge in [-0.2, -0.15) is 13.9 Å². The summed E-state index contributed by atoms with van der Waals surface area (Å²) in [6.45, 7) is -1.56. The van der Waals surface area contributed by atoms with Gasteiger partial charge >= 0.3 is 12.6 Å². The summed E-state index contributed by atoms with van der Waals surface area (Å²) < 4.78 is 38.1. The fraction of sp³-hybridized carbons (Fsp3) is 0.414. The van der Waals surface area contributed by atoms with Gasteiger partial charge in [0, 0.05) is 48.8 Å². The molecule has 0 bridgehead atoms. The van der Waals surface area contributed by atoms with Crippen LogP contribution in [0.5, 0.6) is 5.75 Å². The molecule has 5 rings (SSSR count). The highest BCUT2D eigenvalue weighted by Gasteiger charge is 2.34. The SMILES string of the molecule is CN(C)CCOC(=O)C1CCN(C(=O)CN2C=C(NC(=O)c3cnn4cccnc34)C(c3cc(Cl)ccc3OC(F)F)N2)CC1. The average molecular weight is 647 g/mol. The Kier molecular flexibility index (Phi) is 10.1. The summed E-state index contributed by atoms with van der Waals surface area (Å²) in [6.07, 6.45) is 7.00. The van der Waals surface area contributed by atoms with E-state index in [1.807, 2.05) is 19.0 Å². The second-order valence-electron chi connectivity index (χ2n) is 10.9. The lowest BCUT2D eigenvalue weighted by atomic mass is 9.97. The van der Waals surface area contributed by atoms with Crippen molar-refractivity contribution in [3.05, 3.63) is 70.9 Å². The number of carbonyl (C=O) groups is 3. The fourth-order valence-corrected chi connectivity index (χ4v) is 5.32. The fourth-order valence-electron chi connectivity index (χ4n) is 5.14. The van der Waals surface area contributed by atoms with Gasteiger partial charge in [0.2, 0.25) is 5.91 Å². The van der Waals surface area contributed by atoms with Crippen LogP contribution in [0.3, 0.4) is 0 Å². The van der Waals surface area contributed by atoms with Gasteiger partial charge in [-0.25, -0.2) is 14.9 Å². The molecule has 45 heavy (non-hydrogen) atoms. The van der Waals surface area contributed by atoms with Gasteiger partial charge in [-0.05, 0) is 51.2 Å². The number of piperidine rings is 1. The molecule has 2 N–H and O–H groups in total. The zero-order valence-electron chi connectivity index (χ0n) is 24.7. The maximum Gasteiger partial charge on any atom is 0.387 e. The molecule has 1 aromatic carbocycles. The Morgan fingerprint density at radius 3 is 2.73 bits per heavy atom. The number of ether oxygens (including phenoxy) is 2.